The monoisotopic (exact) mass is 357 g/mol. The molecule has 5 nitrogen and oxygen atoms in total. The van der Waals surface area contributed by atoms with Crippen LogP contribution in [0.2, 0.25) is 5.02 Å². The summed E-state index contributed by atoms with van der Waals surface area (Å²) < 4.78 is 11.2. The zero-order chi connectivity index (χ0) is 14.7. The van der Waals surface area contributed by atoms with Crippen molar-refractivity contribution < 1.29 is 9.47 Å². The number of halogens is 2. The van der Waals surface area contributed by atoms with Gasteiger partial charge >= 0.3 is 0 Å². The minimum Gasteiger partial charge on any atom is -0.495 e. The molecule has 0 bridgehead atoms. The number of rotatable bonds is 4. The van der Waals surface area contributed by atoms with E-state index in [-0.39, 0.29) is 0 Å². The molecule has 1 aromatic heterocycles. The maximum absolute atomic E-state index is 6.06. The van der Waals surface area contributed by atoms with Gasteiger partial charge in [-0.05, 0) is 22.0 Å². The molecule has 0 fully saturated rings. The van der Waals surface area contributed by atoms with Crippen LogP contribution in [-0.4, -0.2) is 19.2 Å². The molecule has 2 aromatic rings. The number of benzene rings is 1. The fourth-order valence-electron chi connectivity index (χ4n) is 1.63. The van der Waals surface area contributed by atoms with Crippen LogP contribution in [0.15, 0.2) is 28.9 Å². The maximum atomic E-state index is 6.06. The number of methoxy groups -OCH3 is 2. The lowest BCUT2D eigenvalue weighted by Crippen LogP contribution is -1.99. The van der Waals surface area contributed by atoms with Gasteiger partial charge in [-0.2, -0.15) is 0 Å². The second kappa shape index (κ2) is 6.19. The Balaban J connectivity index is 2.41. The first kappa shape index (κ1) is 14.7. The highest BCUT2D eigenvalue weighted by Crippen LogP contribution is 2.38. The fraction of sp³-hybridized carbons (Fsp3) is 0.154. The third-order valence-corrected chi connectivity index (χ3v) is 3.49. The highest BCUT2D eigenvalue weighted by atomic mass is 79.9. The molecular weight excluding hydrogens is 346 g/mol. The first-order chi connectivity index (χ1) is 9.55. The minimum absolute atomic E-state index is 0.472. The van der Waals surface area contributed by atoms with E-state index in [4.69, 9.17) is 26.8 Å². The predicted molar refractivity (Wildman–Crippen MR) is 84.2 cm³/mol. The van der Waals surface area contributed by atoms with Crippen LogP contribution >= 0.6 is 27.5 Å². The SMILES string of the molecule is COc1cc(Nc2ncc(N)cc2Br)c(OC)cc1Cl. The summed E-state index contributed by atoms with van der Waals surface area (Å²) in [4.78, 5) is 4.21. The summed E-state index contributed by atoms with van der Waals surface area (Å²) in [6, 6.07) is 5.18. The van der Waals surface area contributed by atoms with E-state index in [0.29, 0.717) is 33.7 Å². The molecule has 0 aliphatic heterocycles. The Hall–Kier alpha value is -1.66. The normalized spacial score (nSPS) is 10.2. The number of hydrogen-bond acceptors (Lipinski definition) is 5. The Labute approximate surface area is 130 Å². The molecule has 1 aromatic carbocycles. The number of nitrogens with two attached hydrogens (primary N) is 1. The van der Waals surface area contributed by atoms with E-state index in [0.717, 1.165) is 4.47 Å². The van der Waals surface area contributed by atoms with E-state index in [1.807, 2.05) is 0 Å². The first-order valence-corrected chi connectivity index (χ1v) is 6.81. The Morgan fingerprint density at radius 2 is 1.90 bits per heavy atom. The van der Waals surface area contributed by atoms with Gasteiger partial charge in [-0.1, -0.05) is 11.6 Å². The Morgan fingerprint density at radius 3 is 2.50 bits per heavy atom. The zero-order valence-corrected chi connectivity index (χ0v) is 13.2. The summed E-state index contributed by atoms with van der Waals surface area (Å²) in [6.07, 6.45) is 1.56. The molecular formula is C13H13BrClN3O2. The van der Waals surface area contributed by atoms with Gasteiger partial charge in [0.15, 0.2) is 0 Å². The van der Waals surface area contributed by atoms with Crippen molar-refractivity contribution in [2.24, 2.45) is 0 Å². The van der Waals surface area contributed by atoms with Gasteiger partial charge in [0.05, 0.1) is 41.3 Å². The summed E-state index contributed by atoms with van der Waals surface area (Å²) in [5.74, 6) is 1.74. The van der Waals surface area contributed by atoms with Gasteiger partial charge in [-0.25, -0.2) is 4.98 Å². The van der Waals surface area contributed by atoms with Gasteiger partial charge in [0.25, 0.3) is 0 Å². The molecule has 106 valence electrons. The van der Waals surface area contributed by atoms with Crippen LogP contribution in [0.4, 0.5) is 17.2 Å². The molecule has 0 radical (unpaired) electrons. The number of anilines is 3. The first-order valence-electron chi connectivity index (χ1n) is 5.64. The molecule has 20 heavy (non-hydrogen) atoms. The van der Waals surface area contributed by atoms with E-state index in [1.165, 1.54) is 0 Å². The molecule has 0 spiro atoms. The summed E-state index contributed by atoms with van der Waals surface area (Å²) in [5.41, 5.74) is 6.92. The topological polar surface area (TPSA) is 69.4 Å². The number of aromatic nitrogens is 1. The van der Waals surface area contributed by atoms with Gasteiger partial charge in [0, 0.05) is 12.1 Å². The van der Waals surface area contributed by atoms with Crippen molar-refractivity contribution in [3.63, 3.8) is 0 Å². The lowest BCUT2D eigenvalue weighted by Gasteiger charge is -2.14. The Bertz CT molecular complexity index is 637. The summed E-state index contributed by atoms with van der Waals surface area (Å²) >= 11 is 9.46. The quantitative estimate of drug-likeness (QED) is 0.869. The van der Waals surface area contributed by atoms with Crippen molar-refractivity contribution in [3.8, 4) is 11.5 Å². The third kappa shape index (κ3) is 3.08. The molecule has 0 saturated carbocycles. The van der Waals surface area contributed by atoms with Crippen molar-refractivity contribution in [1.82, 2.24) is 4.98 Å². The number of nitrogens with one attached hydrogen (secondary N) is 1. The van der Waals surface area contributed by atoms with Crippen LogP contribution in [0.3, 0.4) is 0 Å². The fourth-order valence-corrected chi connectivity index (χ4v) is 2.33. The van der Waals surface area contributed by atoms with E-state index in [9.17, 15) is 0 Å². The van der Waals surface area contributed by atoms with Crippen molar-refractivity contribution >= 4 is 44.7 Å². The lowest BCUT2D eigenvalue weighted by molar-refractivity contribution is 0.405. The Morgan fingerprint density at radius 1 is 1.20 bits per heavy atom. The highest BCUT2D eigenvalue weighted by molar-refractivity contribution is 9.10. The number of hydrogen-bond donors (Lipinski definition) is 2. The third-order valence-electron chi connectivity index (χ3n) is 2.59. The Kier molecular flexibility index (Phi) is 4.57. The largest absolute Gasteiger partial charge is 0.495 e. The standard InChI is InChI=1S/C13H13BrClN3O2/c1-19-11-5-10(12(20-2)4-9(11)15)18-13-8(14)3-7(16)6-17-13/h3-6H,16H2,1-2H3,(H,17,18). The second-order valence-corrected chi connectivity index (χ2v) is 5.17. The number of nitrogen functional groups attached to an aromatic ring is 1. The van der Waals surface area contributed by atoms with E-state index in [1.54, 1.807) is 38.6 Å². The summed E-state index contributed by atoms with van der Waals surface area (Å²) in [5, 5.41) is 3.62. The van der Waals surface area contributed by atoms with Gasteiger partial charge < -0.3 is 20.5 Å². The van der Waals surface area contributed by atoms with Crippen LogP contribution in [0.25, 0.3) is 0 Å². The summed E-state index contributed by atoms with van der Waals surface area (Å²) in [7, 11) is 3.11. The van der Waals surface area contributed by atoms with Gasteiger partial charge in [-0.15, -0.1) is 0 Å². The van der Waals surface area contributed by atoms with Crippen LogP contribution < -0.4 is 20.5 Å². The van der Waals surface area contributed by atoms with Crippen molar-refractivity contribution in [2.75, 3.05) is 25.3 Å². The van der Waals surface area contributed by atoms with E-state index < -0.39 is 0 Å². The summed E-state index contributed by atoms with van der Waals surface area (Å²) in [6.45, 7) is 0. The number of pyridine rings is 1. The predicted octanol–water partition coefficient (Wildman–Crippen LogP) is 3.84. The average Bonchev–Trinajstić information content (AvgIpc) is 2.43. The smallest absolute Gasteiger partial charge is 0.144 e. The molecule has 0 aliphatic rings. The average molecular weight is 359 g/mol. The number of ether oxygens (including phenoxy) is 2. The minimum atomic E-state index is 0.472. The molecule has 1 heterocycles. The van der Waals surface area contributed by atoms with Crippen LogP contribution in [0, 0.1) is 0 Å². The maximum Gasteiger partial charge on any atom is 0.144 e. The van der Waals surface area contributed by atoms with Crippen LogP contribution in [-0.2, 0) is 0 Å². The molecule has 0 amide bonds. The molecule has 2 rings (SSSR count). The zero-order valence-electron chi connectivity index (χ0n) is 10.9. The van der Waals surface area contributed by atoms with E-state index >= 15 is 0 Å². The van der Waals surface area contributed by atoms with Crippen molar-refractivity contribution in [1.29, 1.82) is 0 Å². The second-order valence-electron chi connectivity index (χ2n) is 3.91. The number of nitrogens with zero attached hydrogens (tertiary/aromatic N) is 1. The molecule has 0 aliphatic carbocycles. The van der Waals surface area contributed by atoms with Gasteiger partial charge in [0.2, 0.25) is 0 Å². The molecule has 0 saturated heterocycles. The van der Waals surface area contributed by atoms with Crippen LogP contribution in [0.1, 0.15) is 0 Å². The van der Waals surface area contributed by atoms with Gasteiger partial charge in [-0.3, -0.25) is 0 Å². The van der Waals surface area contributed by atoms with Crippen molar-refractivity contribution in [3.05, 3.63) is 33.9 Å². The van der Waals surface area contributed by atoms with Crippen molar-refractivity contribution in [2.45, 2.75) is 0 Å². The van der Waals surface area contributed by atoms with Crippen LogP contribution in [0.5, 0.6) is 11.5 Å². The molecule has 0 unspecified atom stereocenters. The molecule has 7 heteroatoms. The lowest BCUT2D eigenvalue weighted by atomic mass is 10.2. The highest BCUT2D eigenvalue weighted by Gasteiger charge is 2.12. The van der Waals surface area contributed by atoms with Gasteiger partial charge in [0.1, 0.15) is 17.3 Å². The van der Waals surface area contributed by atoms with E-state index in [2.05, 4.69) is 26.2 Å². The molecule has 0 atom stereocenters. The molecule has 3 N–H and O–H groups in total.